The molecular weight excluding hydrogens is 261 g/mol. The lowest BCUT2D eigenvalue weighted by Crippen LogP contribution is -2.36. The van der Waals surface area contributed by atoms with Gasteiger partial charge in [-0.3, -0.25) is 0 Å². The lowest BCUT2D eigenvalue weighted by Gasteiger charge is -2.25. The Morgan fingerprint density at radius 1 is 1.44 bits per heavy atom. The van der Waals surface area contributed by atoms with Crippen LogP contribution in [0.5, 0.6) is 0 Å². The lowest BCUT2D eigenvalue weighted by atomic mass is 10.4. The van der Waals surface area contributed by atoms with Crippen molar-refractivity contribution in [1.82, 2.24) is 0 Å². The van der Waals surface area contributed by atoms with Crippen molar-refractivity contribution in [3.05, 3.63) is 12.2 Å². The predicted molar refractivity (Wildman–Crippen MR) is 65.3 cm³/mol. The molecule has 0 aliphatic rings. The molecule has 0 radical (unpaired) electrons. The third kappa shape index (κ3) is 8.38. The summed E-state index contributed by atoms with van der Waals surface area (Å²) in [7, 11) is 1.09. The van der Waals surface area contributed by atoms with Gasteiger partial charge in [0.25, 0.3) is 0 Å². The number of nitrogens with zero attached hydrogens (tertiary/aromatic N) is 1. The van der Waals surface area contributed by atoms with Gasteiger partial charge in [-0.25, -0.2) is 18.4 Å². The normalized spacial score (nSPS) is 16.8. The second-order valence-electron chi connectivity index (χ2n) is 4.88. The van der Waals surface area contributed by atoms with Gasteiger partial charge in [-0.2, -0.15) is 0 Å². The van der Waals surface area contributed by atoms with Crippen LogP contribution in [0.4, 0.5) is 0 Å². The standard InChI is InChI=1S/C10H20NO6P/c1-8(2)10(12)16-9(3)17-18(13,14)15-7-11(4,5)6/h9H,1,7H2,2-6H3/p+1. The number of rotatable bonds is 7. The van der Waals surface area contributed by atoms with Crippen molar-refractivity contribution >= 4 is 13.8 Å². The van der Waals surface area contributed by atoms with E-state index in [2.05, 4.69) is 11.1 Å². The van der Waals surface area contributed by atoms with Gasteiger partial charge in [-0.1, -0.05) is 6.58 Å². The molecule has 1 N–H and O–H groups in total. The van der Waals surface area contributed by atoms with E-state index in [9.17, 15) is 14.3 Å². The second-order valence-corrected chi connectivity index (χ2v) is 6.28. The molecule has 18 heavy (non-hydrogen) atoms. The molecule has 0 bridgehead atoms. The topological polar surface area (TPSA) is 82.1 Å². The highest BCUT2D eigenvalue weighted by molar-refractivity contribution is 7.47. The second kappa shape index (κ2) is 6.45. The summed E-state index contributed by atoms with van der Waals surface area (Å²) in [6.45, 7) is 6.14. The summed E-state index contributed by atoms with van der Waals surface area (Å²) in [5, 5.41) is 0. The summed E-state index contributed by atoms with van der Waals surface area (Å²) < 4.78 is 25.9. The van der Waals surface area contributed by atoms with E-state index < -0.39 is 20.1 Å². The molecule has 2 unspecified atom stereocenters. The molecule has 0 aliphatic carbocycles. The SMILES string of the molecule is C=C(C)C(=O)OC(C)OP(=O)(O)OC[N+](C)(C)C. The van der Waals surface area contributed by atoms with E-state index in [1.807, 2.05) is 0 Å². The Balaban J connectivity index is 4.28. The molecule has 2 atom stereocenters. The van der Waals surface area contributed by atoms with E-state index in [1.54, 1.807) is 21.1 Å². The van der Waals surface area contributed by atoms with E-state index in [1.165, 1.54) is 13.8 Å². The Labute approximate surface area is 107 Å². The largest absolute Gasteiger partial charge is 0.479 e. The highest BCUT2D eigenvalue weighted by Gasteiger charge is 2.29. The fourth-order valence-corrected chi connectivity index (χ4v) is 1.71. The monoisotopic (exact) mass is 282 g/mol. The third-order valence-electron chi connectivity index (χ3n) is 1.51. The average molecular weight is 282 g/mol. The van der Waals surface area contributed by atoms with Crippen LogP contribution in [-0.4, -0.2) is 49.5 Å². The molecule has 106 valence electrons. The number of phosphoric acid groups is 1. The van der Waals surface area contributed by atoms with Crippen LogP contribution >= 0.6 is 7.82 Å². The van der Waals surface area contributed by atoms with Gasteiger partial charge in [-0.05, 0) is 13.8 Å². The quantitative estimate of drug-likeness (QED) is 0.249. The number of carbonyl (C=O) groups excluding carboxylic acids is 1. The Morgan fingerprint density at radius 2 is 1.94 bits per heavy atom. The van der Waals surface area contributed by atoms with Gasteiger partial charge in [0, 0.05) is 5.57 Å². The number of hydrogen-bond donors (Lipinski definition) is 1. The van der Waals surface area contributed by atoms with Gasteiger partial charge in [-0.15, -0.1) is 0 Å². The Kier molecular flexibility index (Phi) is 6.19. The number of hydrogen-bond acceptors (Lipinski definition) is 5. The first-order chi connectivity index (χ1) is 7.93. The zero-order chi connectivity index (χ0) is 14.6. The van der Waals surface area contributed by atoms with Gasteiger partial charge in [0.05, 0.1) is 21.1 Å². The van der Waals surface area contributed by atoms with Crippen molar-refractivity contribution < 1.29 is 32.5 Å². The van der Waals surface area contributed by atoms with Crippen LogP contribution < -0.4 is 0 Å². The van der Waals surface area contributed by atoms with Crippen LogP contribution in [0.15, 0.2) is 12.2 Å². The Hall–Kier alpha value is -0.720. The highest BCUT2D eigenvalue weighted by Crippen LogP contribution is 2.44. The molecular formula is C10H21NO6P+. The molecule has 7 nitrogen and oxygen atoms in total. The van der Waals surface area contributed by atoms with E-state index in [-0.39, 0.29) is 12.3 Å². The summed E-state index contributed by atoms with van der Waals surface area (Å²) in [6.07, 6.45) is -1.20. The maximum absolute atomic E-state index is 11.5. The molecule has 0 aromatic carbocycles. The molecule has 0 spiro atoms. The minimum atomic E-state index is -4.25. The molecule has 0 fully saturated rings. The van der Waals surface area contributed by atoms with E-state index in [4.69, 9.17) is 9.26 Å². The fraction of sp³-hybridized carbons (Fsp3) is 0.700. The van der Waals surface area contributed by atoms with Crippen LogP contribution in [0, 0.1) is 0 Å². The molecule has 0 amide bonds. The van der Waals surface area contributed by atoms with E-state index in [0.29, 0.717) is 4.48 Å². The molecule has 8 heteroatoms. The molecule has 0 saturated carbocycles. The minimum absolute atomic E-state index is 0.0189. The summed E-state index contributed by atoms with van der Waals surface area (Å²) in [4.78, 5) is 20.5. The fourth-order valence-electron chi connectivity index (χ4n) is 0.737. The lowest BCUT2D eigenvalue weighted by molar-refractivity contribution is -0.887. The highest BCUT2D eigenvalue weighted by atomic mass is 31.2. The van der Waals surface area contributed by atoms with Gasteiger partial charge < -0.3 is 14.1 Å². The van der Waals surface area contributed by atoms with Crippen LogP contribution in [0.25, 0.3) is 0 Å². The summed E-state index contributed by atoms with van der Waals surface area (Å²) >= 11 is 0. The molecule has 0 aliphatic heterocycles. The smallest absolute Gasteiger partial charge is 0.432 e. The zero-order valence-corrected chi connectivity index (χ0v) is 12.3. The van der Waals surface area contributed by atoms with Crippen molar-refractivity contribution in [3.8, 4) is 0 Å². The molecule has 0 rings (SSSR count). The van der Waals surface area contributed by atoms with Crippen LogP contribution in [0.1, 0.15) is 13.8 Å². The third-order valence-corrected chi connectivity index (χ3v) is 2.52. The van der Waals surface area contributed by atoms with Crippen LogP contribution in [0.2, 0.25) is 0 Å². The Bertz CT molecular complexity index is 362. The van der Waals surface area contributed by atoms with E-state index in [0.717, 1.165) is 0 Å². The average Bonchev–Trinajstić information content (AvgIpc) is 2.12. The number of carbonyl (C=O) groups is 1. The Morgan fingerprint density at radius 3 is 2.33 bits per heavy atom. The molecule has 0 aromatic heterocycles. The van der Waals surface area contributed by atoms with Crippen molar-refractivity contribution in [2.24, 2.45) is 0 Å². The van der Waals surface area contributed by atoms with Gasteiger partial charge in [0.15, 0.2) is 6.73 Å². The van der Waals surface area contributed by atoms with E-state index >= 15 is 0 Å². The van der Waals surface area contributed by atoms with Crippen molar-refractivity contribution in [2.45, 2.75) is 20.1 Å². The predicted octanol–water partition coefficient (Wildman–Crippen LogP) is 1.25. The van der Waals surface area contributed by atoms with Crippen molar-refractivity contribution in [1.29, 1.82) is 0 Å². The zero-order valence-electron chi connectivity index (χ0n) is 11.4. The first-order valence-electron chi connectivity index (χ1n) is 5.25. The minimum Gasteiger partial charge on any atom is -0.432 e. The summed E-state index contributed by atoms with van der Waals surface area (Å²) in [5.41, 5.74) is 0.172. The van der Waals surface area contributed by atoms with Gasteiger partial charge in [0.1, 0.15) is 0 Å². The number of phosphoric ester groups is 1. The molecule has 0 saturated heterocycles. The van der Waals surface area contributed by atoms with Gasteiger partial charge in [0.2, 0.25) is 6.29 Å². The van der Waals surface area contributed by atoms with Crippen LogP contribution in [-0.2, 0) is 23.1 Å². The summed E-state index contributed by atoms with van der Waals surface area (Å²) in [6, 6.07) is 0. The van der Waals surface area contributed by atoms with Crippen LogP contribution in [0.3, 0.4) is 0 Å². The maximum atomic E-state index is 11.5. The number of quaternary nitrogens is 1. The molecule has 0 aromatic rings. The first-order valence-corrected chi connectivity index (χ1v) is 6.75. The van der Waals surface area contributed by atoms with Crippen molar-refractivity contribution in [3.63, 3.8) is 0 Å². The van der Waals surface area contributed by atoms with Gasteiger partial charge >= 0.3 is 13.8 Å². The van der Waals surface area contributed by atoms with Crippen molar-refractivity contribution in [2.75, 3.05) is 27.9 Å². The first kappa shape index (κ1) is 17.3. The molecule has 0 heterocycles. The number of ether oxygens (including phenoxy) is 1. The maximum Gasteiger partial charge on any atom is 0.479 e. The number of esters is 1. The summed E-state index contributed by atoms with van der Waals surface area (Å²) in [5.74, 6) is -0.700.